The lowest BCUT2D eigenvalue weighted by Gasteiger charge is -2.35. The molecule has 0 amide bonds. The highest BCUT2D eigenvalue weighted by atomic mass is 15.3. The van der Waals surface area contributed by atoms with Gasteiger partial charge in [0.1, 0.15) is 5.54 Å². The first-order chi connectivity index (χ1) is 10.1. The van der Waals surface area contributed by atoms with Gasteiger partial charge in [-0.1, -0.05) is 6.92 Å². The number of nitrogens with zero attached hydrogens (tertiary/aromatic N) is 3. The van der Waals surface area contributed by atoms with Crippen molar-refractivity contribution >= 4 is 0 Å². The topological polar surface area (TPSA) is 42.3 Å². The van der Waals surface area contributed by atoms with Gasteiger partial charge in [0.25, 0.3) is 0 Å². The van der Waals surface area contributed by atoms with E-state index in [1.54, 1.807) is 0 Å². The van der Waals surface area contributed by atoms with Crippen LogP contribution in [-0.4, -0.2) is 60.1 Å². The summed E-state index contributed by atoms with van der Waals surface area (Å²) in [5.41, 5.74) is -0.329. The van der Waals surface area contributed by atoms with Gasteiger partial charge in [-0.15, -0.1) is 0 Å². The molecule has 0 bridgehead atoms. The van der Waals surface area contributed by atoms with Crippen molar-refractivity contribution < 1.29 is 0 Å². The first-order valence-electron chi connectivity index (χ1n) is 8.74. The summed E-state index contributed by atoms with van der Waals surface area (Å²) in [6.07, 6.45) is 5.80. The van der Waals surface area contributed by atoms with Crippen LogP contribution in [0.25, 0.3) is 0 Å². The van der Waals surface area contributed by atoms with Gasteiger partial charge in [0.15, 0.2) is 0 Å². The van der Waals surface area contributed by atoms with Gasteiger partial charge in [-0.3, -0.25) is 10.2 Å². The Labute approximate surface area is 130 Å². The number of rotatable bonds is 8. The predicted octanol–water partition coefficient (Wildman–Crippen LogP) is 2.22. The van der Waals surface area contributed by atoms with E-state index in [0.717, 1.165) is 31.8 Å². The standard InChI is InChI=1S/C17H32N4/c1-4-17(14-18,19-15(2)3)8-5-9-20-10-12-21(13-11-20)16-6-7-16/h15-16,19H,4-13H2,1-3H3. The van der Waals surface area contributed by atoms with Crippen LogP contribution in [0.5, 0.6) is 0 Å². The summed E-state index contributed by atoms with van der Waals surface area (Å²) in [5, 5.41) is 13.0. The smallest absolute Gasteiger partial charge is 0.106 e. The van der Waals surface area contributed by atoms with Crippen molar-refractivity contribution in [1.82, 2.24) is 15.1 Å². The first kappa shape index (κ1) is 16.7. The Morgan fingerprint density at radius 2 is 1.90 bits per heavy atom. The average Bonchev–Trinajstić information content (AvgIpc) is 3.31. The van der Waals surface area contributed by atoms with Crippen LogP contribution >= 0.6 is 0 Å². The molecule has 2 fully saturated rings. The van der Waals surface area contributed by atoms with Crippen LogP contribution in [0.3, 0.4) is 0 Å². The molecule has 0 aromatic carbocycles. The van der Waals surface area contributed by atoms with Gasteiger partial charge in [0.05, 0.1) is 6.07 Å². The summed E-state index contributed by atoms with van der Waals surface area (Å²) in [6.45, 7) is 12.4. The lowest BCUT2D eigenvalue weighted by atomic mass is 9.91. The van der Waals surface area contributed by atoms with Gasteiger partial charge in [-0.2, -0.15) is 5.26 Å². The molecule has 21 heavy (non-hydrogen) atoms. The zero-order valence-electron chi connectivity index (χ0n) is 14.1. The van der Waals surface area contributed by atoms with E-state index in [9.17, 15) is 5.26 Å². The normalized spacial score (nSPS) is 24.0. The van der Waals surface area contributed by atoms with Gasteiger partial charge >= 0.3 is 0 Å². The van der Waals surface area contributed by atoms with E-state index in [0.29, 0.717) is 6.04 Å². The van der Waals surface area contributed by atoms with Crippen molar-refractivity contribution in [2.45, 2.75) is 70.5 Å². The molecular weight excluding hydrogens is 260 g/mol. The molecule has 0 aromatic rings. The Hall–Kier alpha value is -0.630. The van der Waals surface area contributed by atoms with Crippen LogP contribution in [-0.2, 0) is 0 Å². The summed E-state index contributed by atoms with van der Waals surface area (Å²) in [7, 11) is 0. The number of hydrogen-bond donors (Lipinski definition) is 1. The van der Waals surface area contributed by atoms with Crippen molar-refractivity contribution in [1.29, 1.82) is 5.26 Å². The minimum atomic E-state index is -0.329. The Morgan fingerprint density at radius 3 is 2.38 bits per heavy atom. The molecule has 0 spiro atoms. The van der Waals surface area contributed by atoms with Crippen LogP contribution < -0.4 is 5.32 Å². The Kier molecular flexibility index (Phi) is 6.04. The molecule has 1 N–H and O–H groups in total. The van der Waals surface area contributed by atoms with Crippen molar-refractivity contribution in [2.24, 2.45) is 0 Å². The zero-order valence-corrected chi connectivity index (χ0v) is 14.1. The number of nitriles is 1. The van der Waals surface area contributed by atoms with E-state index in [1.165, 1.54) is 39.0 Å². The minimum Gasteiger partial charge on any atom is -0.301 e. The van der Waals surface area contributed by atoms with Crippen LogP contribution in [0.4, 0.5) is 0 Å². The molecule has 0 aromatic heterocycles. The quantitative estimate of drug-likeness (QED) is 0.745. The van der Waals surface area contributed by atoms with Crippen LogP contribution in [0.2, 0.25) is 0 Å². The van der Waals surface area contributed by atoms with Crippen molar-refractivity contribution in [2.75, 3.05) is 32.7 Å². The van der Waals surface area contributed by atoms with Gasteiger partial charge in [-0.05, 0) is 52.5 Å². The van der Waals surface area contributed by atoms with Gasteiger partial charge in [0.2, 0.25) is 0 Å². The Bertz CT molecular complexity index is 350. The molecule has 4 heteroatoms. The molecule has 4 nitrogen and oxygen atoms in total. The van der Waals surface area contributed by atoms with Crippen LogP contribution in [0, 0.1) is 11.3 Å². The summed E-state index contributed by atoms with van der Waals surface area (Å²) < 4.78 is 0. The van der Waals surface area contributed by atoms with E-state index in [2.05, 4.69) is 42.0 Å². The SMILES string of the molecule is CCC(C#N)(CCCN1CCN(C2CC2)CC1)NC(C)C. The maximum atomic E-state index is 9.53. The zero-order chi connectivity index (χ0) is 15.3. The predicted molar refractivity (Wildman–Crippen MR) is 87.2 cm³/mol. The summed E-state index contributed by atoms with van der Waals surface area (Å²) >= 11 is 0. The maximum absolute atomic E-state index is 9.53. The van der Waals surface area contributed by atoms with E-state index in [-0.39, 0.29) is 5.54 Å². The Morgan fingerprint density at radius 1 is 1.24 bits per heavy atom. The third kappa shape index (κ3) is 4.95. The van der Waals surface area contributed by atoms with Gasteiger partial charge < -0.3 is 4.90 Å². The van der Waals surface area contributed by atoms with Crippen LogP contribution in [0.15, 0.2) is 0 Å². The molecule has 1 saturated heterocycles. The lowest BCUT2D eigenvalue weighted by Crippen LogP contribution is -2.49. The molecule has 1 aliphatic heterocycles. The fourth-order valence-electron chi connectivity index (χ4n) is 3.47. The third-order valence-electron chi connectivity index (χ3n) is 4.93. The van der Waals surface area contributed by atoms with Crippen molar-refractivity contribution in [3.05, 3.63) is 0 Å². The second-order valence-corrected chi connectivity index (χ2v) is 7.06. The number of hydrogen-bond acceptors (Lipinski definition) is 4. The van der Waals surface area contributed by atoms with Crippen molar-refractivity contribution in [3.63, 3.8) is 0 Å². The summed E-state index contributed by atoms with van der Waals surface area (Å²) in [6, 6.07) is 3.80. The second-order valence-electron chi connectivity index (χ2n) is 7.06. The molecule has 1 aliphatic carbocycles. The van der Waals surface area contributed by atoms with E-state index < -0.39 is 0 Å². The highest BCUT2D eigenvalue weighted by Crippen LogP contribution is 2.27. The number of piperazine rings is 1. The van der Waals surface area contributed by atoms with Gasteiger partial charge in [-0.25, -0.2) is 0 Å². The van der Waals surface area contributed by atoms with Crippen molar-refractivity contribution in [3.8, 4) is 6.07 Å². The highest BCUT2D eigenvalue weighted by Gasteiger charge is 2.31. The summed E-state index contributed by atoms with van der Waals surface area (Å²) in [4.78, 5) is 5.23. The average molecular weight is 292 g/mol. The molecule has 2 rings (SSSR count). The second kappa shape index (κ2) is 7.58. The summed E-state index contributed by atoms with van der Waals surface area (Å²) in [5.74, 6) is 0. The van der Waals surface area contributed by atoms with E-state index >= 15 is 0 Å². The molecule has 1 atom stereocenters. The molecule has 1 saturated carbocycles. The highest BCUT2D eigenvalue weighted by molar-refractivity contribution is 5.07. The minimum absolute atomic E-state index is 0.329. The lowest BCUT2D eigenvalue weighted by molar-refractivity contribution is 0.123. The monoisotopic (exact) mass is 292 g/mol. The maximum Gasteiger partial charge on any atom is 0.106 e. The molecule has 0 radical (unpaired) electrons. The third-order valence-corrected chi connectivity index (χ3v) is 4.93. The number of nitrogens with one attached hydrogen (secondary N) is 1. The van der Waals surface area contributed by atoms with Crippen LogP contribution in [0.1, 0.15) is 52.9 Å². The van der Waals surface area contributed by atoms with E-state index in [1.807, 2.05) is 0 Å². The molecule has 1 unspecified atom stereocenters. The largest absolute Gasteiger partial charge is 0.301 e. The van der Waals surface area contributed by atoms with Gasteiger partial charge in [0, 0.05) is 38.3 Å². The molecular formula is C17H32N4. The Balaban J connectivity index is 1.69. The first-order valence-corrected chi connectivity index (χ1v) is 8.74. The van der Waals surface area contributed by atoms with E-state index in [4.69, 9.17) is 0 Å². The fraction of sp³-hybridized carbons (Fsp3) is 0.941. The molecule has 1 heterocycles. The fourth-order valence-corrected chi connectivity index (χ4v) is 3.47. The molecule has 2 aliphatic rings. The molecule has 120 valence electrons.